The number of rotatable bonds is 6. The number of anilines is 1. The van der Waals surface area contributed by atoms with Gasteiger partial charge in [-0.25, -0.2) is 23.5 Å². The van der Waals surface area contributed by atoms with Crippen LogP contribution in [0.4, 0.5) is 19.4 Å². The second kappa shape index (κ2) is 7.75. The predicted molar refractivity (Wildman–Crippen MR) is 111 cm³/mol. The van der Waals surface area contributed by atoms with Crippen LogP contribution in [0.5, 0.6) is 5.75 Å². The van der Waals surface area contributed by atoms with Gasteiger partial charge in [-0.2, -0.15) is 0 Å². The van der Waals surface area contributed by atoms with Crippen molar-refractivity contribution in [1.29, 1.82) is 0 Å². The Balaban J connectivity index is 1.59. The number of primary amides is 1. The van der Waals surface area contributed by atoms with Gasteiger partial charge in [-0.3, -0.25) is 4.79 Å². The largest absolute Gasteiger partial charge is 0.491 e. The number of fused-ring (bicyclic) bond motifs is 3. The van der Waals surface area contributed by atoms with Gasteiger partial charge in [0.05, 0.1) is 17.8 Å². The van der Waals surface area contributed by atoms with E-state index in [0.29, 0.717) is 36.7 Å². The minimum atomic E-state index is -2.74. The summed E-state index contributed by atoms with van der Waals surface area (Å²) in [6.07, 6.45) is -1.22. The van der Waals surface area contributed by atoms with Crippen molar-refractivity contribution < 1.29 is 27.8 Å². The van der Waals surface area contributed by atoms with Crippen LogP contribution in [0.15, 0.2) is 18.2 Å². The molecule has 0 radical (unpaired) electrons. The van der Waals surface area contributed by atoms with E-state index in [1.807, 2.05) is 22.8 Å². The Morgan fingerprint density at radius 1 is 1.31 bits per heavy atom. The highest BCUT2D eigenvalue weighted by Crippen LogP contribution is 2.48. The number of nitrogens with zero attached hydrogens (tertiary/aromatic N) is 3. The standard InChI is InChI=1S/C22H24F2N4O4/c1-11(19(25)29)8-12-2-5-14-16(9-12)31-7-6-27-17(13-3-4-13)21(26-20(14)27)28-15(18(23)24)10-32-22(28)30/h2,5,9,11,13,15,18H,3-4,6-8,10H2,1H3,(H2,25,29)/t11-,15+/m1/s1. The number of amides is 2. The lowest BCUT2D eigenvalue weighted by Crippen LogP contribution is -2.39. The SMILES string of the molecule is C[C@H](Cc1ccc2c(c1)OCCn1c-2nc(N2C(=O)OC[C@H]2C(F)F)c1C1CC1)C(N)=O. The van der Waals surface area contributed by atoms with Crippen LogP contribution in [0.25, 0.3) is 11.4 Å². The van der Waals surface area contributed by atoms with Gasteiger partial charge in [0.25, 0.3) is 6.43 Å². The number of benzene rings is 1. The number of alkyl halides is 2. The van der Waals surface area contributed by atoms with Crippen molar-refractivity contribution in [3.05, 3.63) is 29.5 Å². The van der Waals surface area contributed by atoms with Crippen molar-refractivity contribution in [1.82, 2.24) is 9.55 Å². The van der Waals surface area contributed by atoms with Gasteiger partial charge in [-0.1, -0.05) is 13.0 Å². The topological polar surface area (TPSA) is 99.7 Å². The van der Waals surface area contributed by atoms with Crippen LogP contribution < -0.4 is 15.4 Å². The van der Waals surface area contributed by atoms with Gasteiger partial charge in [0.15, 0.2) is 5.82 Å². The molecule has 170 valence electrons. The number of carbonyl (C=O) groups excluding carboxylic acids is 2. The van der Waals surface area contributed by atoms with Crippen molar-refractivity contribution in [2.24, 2.45) is 11.7 Å². The second-order valence-corrected chi connectivity index (χ2v) is 8.61. The third kappa shape index (κ3) is 3.47. The molecule has 2 aliphatic heterocycles. The maximum atomic E-state index is 13.6. The van der Waals surface area contributed by atoms with Crippen LogP contribution in [-0.2, 0) is 22.5 Å². The van der Waals surface area contributed by atoms with Gasteiger partial charge >= 0.3 is 6.09 Å². The van der Waals surface area contributed by atoms with E-state index in [-0.39, 0.29) is 30.2 Å². The fourth-order valence-corrected chi connectivity index (χ4v) is 4.39. The van der Waals surface area contributed by atoms with Gasteiger partial charge < -0.3 is 19.8 Å². The lowest BCUT2D eigenvalue weighted by atomic mass is 9.99. The van der Waals surface area contributed by atoms with Crippen molar-refractivity contribution in [3.8, 4) is 17.1 Å². The third-order valence-corrected chi connectivity index (χ3v) is 6.26. The molecular formula is C22H24F2N4O4. The average Bonchev–Trinajstić information content (AvgIpc) is 3.45. The molecule has 1 saturated carbocycles. The van der Waals surface area contributed by atoms with Gasteiger partial charge in [0.1, 0.15) is 30.8 Å². The van der Waals surface area contributed by atoms with Crippen molar-refractivity contribution in [2.45, 2.75) is 51.1 Å². The summed E-state index contributed by atoms with van der Waals surface area (Å²) in [5, 5.41) is 0. The van der Waals surface area contributed by atoms with Crippen LogP contribution in [0.3, 0.4) is 0 Å². The highest BCUT2D eigenvalue weighted by atomic mass is 19.3. The smallest absolute Gasteiger partial charge is 0.416 e. The van der Waals surface area contributed by atoms with Gasteiger partial charge in [-0.05, 0) is 37.0 Å². The Morgan fingerprint density at radius 2 is 2.09 bits per heavy atom. The van der Waals surface area contributed by atoms with E-state index >= 15 is 0 Å². The number of carbonyl (C=O) groups is 2. The zero-order valence-corrected chi connectivity index (χ0v) is 17.6. The van der Waals surface area contributed by atoms with E-state index in [0.717, 1.165) is 29.0 Å². The summed E-state index contributed by atoms with van der Waals surface area (Å²) < 4.78 is 40.2. The monoisotopic (exact) mass is 446 g/mol. The summed E-state index contributed by atoms with van der Waals surface area (Å²) in [7, 11) is 0. The van der Waals surface area contributed by atoms with E-state index in [1.165, 1.54) is 0 Å². The average molecular weight is 446 g/mol. The number of imidazole rings is 1. The Hall–Kier alpha value is -3.17. The molecule has 0 bridgehead atoms. The van der Waals surface area contributed by atoms with Crippen molar-refractivity contribution in [3.63, 3.8) is 0 Å². The number of halogens is 2. The number of hydrogen-bond donors (Lipinski definition) is 1. The normalized spacial score (nSPS) is 20.9. The molecule has 32 heavy (non-hydrogen) atoms. The molecular weight excluding hydrogens is 422 g/mol. The maximum absolute atomic E-state index is 13.6. The van der Waals surface area contributed by atoms with Crippen LogP contribution in [0.2, 0.25) is 0 Å². The second-order valence-electron chi connectivity index (χ2n) is 8.61. The van der Waals surface area contributed by atoms with Gasteiger partial charge in [0.2, 0.25) is 5.91 Å². The van der Waals surface area contributed by atoms with E-state index in [2.05, 4.69) is 0 Å². The first-order valence-electron chi connectivity index (χ1n) is 10.7. The Bertz CT molecular complexity index is 1080. The van der Waals surface area contributed by atoms with E-state index in [1.54, 1.807) is 6.92 Å². The highest BCUT2D eigenvalue weighted by molar-refractivity contribution is 5.91. The molecule has 1 aromatic carbocycles. The first kappa shape index (κ1) is 20.7. The van der Waals surface area contributed by atoms with E-state index in [9.17, 15) is 18.4 Å². The van der Waals surface area contributed by atoms with Crippen LogP contribution in [0, 0.1) is 5.92 Å². The van der Waals surface area contributed by atoms with Crippen LogP contribution in [-0.4, -0.2) is 47.2 Å². The number of ether oxygens (including phenoxy) is 2. The first-order valence-corrected chi connectivity index (χ1v) is 10.7. The molecule has 2 atom stereocenters. The molecule has 1 saturated heterocycles. The Labute approximate surface area is 183 Å². The van der Waals surface area contributed by atoms with E-state index < -0.39 is 18.6 Å². The fraction of sp³-hybridized carbons (Fsp3) is 0.500. The number of hydrogen-bond acceptors (Lipinski definition) is 5. The summed E-state index contributed by atoms with van der Waals surface area (Å²) >= 11 is 0. The lowest BCUT2D eigenvalue weighted by molar-refractivity contribution is -0.121. The van der Waals surface area contributed by atoms with Crippen molar-refractivity contribution >= 4 is 17.8 Å². The summed E-state index contributed by atoms with van der Waals surface area (Å²) in [5.74, 6) is 0.912. The van der Waals surface area contributed by atoms with Crippen LogP contribution in [0.1, 0.15) is 36.9 Å². The molecule has 3 aliphatic rings. The summed E-state index contributed by atoms with van der Waals surface area (Å²) in [6.45, 7) is 2.26. The Kier molecular flexibility index (Phi) is 5.02. The molecule has 3 heterocycles. The summed E-state index contributed by atoms with van der Waals surface area (Å²) in [5.41, 5.74) is 7.79. The Morgan fingerprint density at radius 3 is 2.78 bits per heavy atom. The fourth-order valence-electron chi connectivity index (χ4n) is 4.39. The molecule has 2 aromatic rings. The van der Waals surface area contributed by atoms with E-state index in [4.69, 9.17) is 20.2 Å². The molecule has 0 spiro atoms. The molecule has 2 N–H and O–H groups in total. The van der Waals surface area contributed by atoms with Gasteiger partial charge in [0, 0.05) is 11.8 Å². The number of nitrogens with two attached hydrogens (primary N) is 1. The molecule has 1 aromatic heterocycles. The highest BCUT2D eigenvalue weighted by Gasteiger charge is 2.45. The lowest BCUT2D eigenvalue weighted by Gasteiger charge is -2.20. The molecule has 2 fully saturated rings. The maximum Gasteiger partial charge on any atom is 0.416 e. The summed E-state index contributed by atoms with van der Waals surface area (Å²) in [6, 6.07) is 4.25. The molecule has 0 unspecified atom stereocenters. The molecule has 8 nitrogen and oxygen atoms in total. The molecule has 1 aliphatic carbocycles. The molecule has 2 amide bonds. The minimum absolute atomic E-state index is 0.162. The molecule has 10 heteroatoms. The first-order chi connectivity index (χ1) is 15.3. The predicted octanol–water partition coefficient (Wildman–Crippen LogP) is 3.07. The van der Waals surface area contributed by atoms with Crippen LogP contribution >= 0.6 is 0 Å². The zero-order chi connectivity index (χ0) is 22.6. The molecule has 5 rings (SSSR count). The summed E-state index contributed by atoms with van der Waals surface area (Å²) in [4.78, 5) is 29.5. The number of cyclic esters (lactones) is 1. The van der Waals surface area contributed by atoms with Gasteiger partial charge in [-0.15, -0.1) is 0 Å². The number of aromatic nitrogens is 2. The third-order valence-electron chi connectivity index (χ3n) is 6.26. The minimum Gasteiger partial charge on any atom is -0.491 e. The van der Waals surface area contributed by atoms with Crippen molar-refractivity contribution in [2.75, 3.05) is 18.1 Å². The zero-order valence-electron chi connectivity index (χ0n) is 17.6. The quantitative estimate of drug-likeness (QED) is 0.735.